The van der Waals surface area contributed by atoms with E-state index < -0.39 is 31.2 Å². The highest BCUT2D eigenvalue weighted by molar-refractivity contribution is 5.15. The van der Waals surface area contributed by atoms with E-state index in [0.717, 1.165) is 6.42 Å². The van der Waals surface area contributed by atoms with Crippen molar-refractivity contribution in [2.45, 2.75) is 37.4 Å². The molecule has 122 valence electrons. The lowest BCUT2D eigenvalue weighted by Gasteiger charge is -2.37. The predicted molar refractivity (Wildman–Crippen MR) is 77.7 cm³/mol. The lowest BCUT2D eigenvalue weighted by Crippen LogP contribution is -2.52. The Morgan fingerprint density at radius 2 is 1.95 bits per heavy atom. The van der Waals surface area contributed by atoms with Gasteiger partial charge in [-0.1, -0.05) is 30.3 Å². The largest absolute Gasteiger partial charge is 0.394 e. The fourth-order valence-electron chi connectivity index (χ4n) is 2.37. The van der Waals surface area contributed by atoms with E-state index in [1.165, 1.54) is 5.56 Å². The summed E-state index contributed by atoms with van der Waals surface area (Å²) >= 11 is 0. The molecule has 3 N–H and O–H groups in total. The molecule has 0 spiro atoms. The van der Waals surface area contributed by atoms with Crippen molar-refractivity contribution in [3.8, 4) is 0 Å². The SMILES string of the molecule is OC[C@H]1O[C@H](OCCCc2ccccc2)/C(=C\F)[C@@H](O)[C@@H]1O. The minimum absolute atomic E-state index is 0.170. The number of ether oxygens (including phenoxy) is 2. The van der Waals surface area contributed by atoms with Crippen LogP contribution in [0, 0.1) is 0 Å². The third kappa shape index (κ3) is 4.12. The fourth-order valence-corrected chi connectivity index (χ4v) is 2.37. The van der Waals surface area contributed by atoms with Crippen LogP contribution in [0.1, 0.15) is 12.0 Å². The average Bonchev–Trinajstić information content (AvgIpc) is 2.55. The van der Waals surface area contributed by atoms with E-state index in [2.05, 4.69) is 0 Å². The highest BCUT2D eigenvalue weighted by Crippen LogP contribution is 2.26. The molecule has 0 saturated carbocycles. The molecular weight excluding hydrogens is 291 g/mol. The first-order valence-corrected chi connectivity index (χ1v) is 7.25. The van der Waals surface area contributed by atoms with Gasteiger partial charge >= 0.3 is 0 Å². The number of benzene rings is 1. The molecule has 1 saturated heterocycles. The standard InChI is InChI=1S/C16H21FO5/c17-9-12-14(19)15(20)13(10-18)22-16(12)21-8-4-7-11-5-2-1-3-6-11/h1-3,5-6,9,13-16,18-20H,4,7-8,10H2/b12-9-/t13-,14-,15-,16+/m1/s1. The maximum atomic E-state index is 12.9. The number of hydrogen-bond donors (Lipinski definition) is 3. The second-order valence-corrected chi connectivity index (χ2v) is 5.19. The fraction of sp³-hybridized carbons (Fsp3) is 0.500. The van der Waals surface area contributed by atoms with Gasteiger partial charge in [0.15, 0.2) is 6.29 Å². The Hall–Kier alpha value is -1.31. The Morgan fingerprint density at radius 1 is 1.23 bits per heavy atom. The van der Waals surface area contributed by atoms with Gasteiger partial charge in [-0.2, -0.15) is 0 Å². The number of aryl methyl sites for hydroxylation is 1. The van der Waals surface area contributed by atoms with Crippen molar-refractivity contribution in [1.82, 2.24) is 0 Å². The first-order chi connectivity index (χ1) is 10.7. The van der Waals surface area contributed by atoms with Crippen molar-refractivity contribution in [2.24, 2.45) is 0 Å². The second kappa shape index (κ2) is 8.36. The Labute approximate surface area is 128 Å². The molecule has 6 heteroatoms. The number of hydrogen-bond acceptors (Lipinski definition) is 5. The van der Waals surface area contributed by atoms with Crippen molar-refractivity contribution in [3.05, 3.63) is 47.8 Å². The van der Waals surface area contributed by atoms with E-state index in [1.54, 1.807) is 0 Å². The number of aliphatic hydroxyl groups is 3. The van der Waals surface area contributed by atoms with Crippen molar-refractivity contribution >= 4 is 0 Å². The summed E-state index contributed by atoms with van der Waals surface area (Å²) in [5.74, 6) is 0. The van der Waals surface area contributed by atoms with Gasteiger partial charge in [0.1, 0.15) is 18.3 Å². The van der Waals surface area contributed by atoms with Gasteiger partial charge in [-0.25, -0.2) is 4.39 Å². The zero-order valence-electron chi connectivity index (χ0n) is 12.1. The highest BCUT2D eigenvalue weighted by Gasteiger charge is 2.40. The molecule has 1 aromatic carbocycles. The Balaban J connectivity index is 1.85. The van der Waals surface area contributed by atoms with Gasteiger partial charge in [-0.05, 0) is 18.4 Å². The zero-order chi connectivity index (χ0) is 15.9. The predicted octanol–water partition coefficient (Wildman–Crippen LogP) is 0.928. The van der Waals surface area contributed by atoms with Gasteiger partial charge in [0, 0.05) is 5.57 Å². The molecule has 1 aliphatic rings. The molecule has 5 nitrogen and oxygen atoms in total. The first kappa shape index (κ1) is 17.1. The Kier molecular flexibility index (Phi) is 6.48. The van der Waals surface area contributed by atoms with Gasteiger partial charge in [-0.15, -0.1) is 0 Å². The summed E-state index contributed by atoms with van der Waals surface area (Å²) < 4.78 is 23.6. The zero-order valence-corrected chi connectivity index (χ0v) is 12.1. The molecule has 2 rings (SSSR count). The maximum Gasteiger partial charge on any atom is 0.185 e. The van der Waals surface area contributed by atoms with Gasteiger partial charge in [0.05, 0.1) is 19.5 Å². The van der Waals surface area contributed by atoms with E-state index in [0.29, 0.717) is 13.0 Å². The number of aliphatic hydroxyl groups excluding tert-OH is 3. The molecule has 22 heavy (non-hydrogen) atoms. The van der Waals surface area contributed by atoms with Gasteiger partial charge in [0.2, 0.25) is 0 Å². The molecule has 1 heterocycles. The van der Waals surface area contributed by atoms with Crippen LogP contribution >= 0.6 is 0 Å². The van der Waals surface area contributed by atoms with E-state index in [1.807, 2.05) is 30.3 Å². The minimum Gasteiger partial charge on any atom is -0.394 e. The molecule has 4 atom stereocenters. The topological polar surface area (TPSA) is 79.2 Å². The van der Waals surface area contributed by atoms with Crippen LogP contribution in [0.2, 0.25) is 0 Å². The second-order valence-electron chi connectivity index (χ2n) is 5.19. The summed E-state index contributed by atoms with van der Waals surface area (Å²) in [7, 11) is 0. The molecule has 1 aliphatic heterocycles. The van der Waals surface area contributed by atoms with E-state index in [9.17, 15) is 14.6 Å². The van der Waals surface area contributed by atoms with Crippen molar-refractivity contribution in [3.63, 3.8) is 0 Å². The molecule has 0 bridgehead atoms. The Bertz CT molecular complexity index is 479. The van der Waals surface area contributed by atoms with Crippen LogP contribution in [-0.2, 0) is 15.9 Å². The lowest BCUT2D eigenvalue weighted by molar-refractivity contribution is -0.226. The molecular formula is C16H21FO5. The monoisotopic (exact) mass is 312 g/mol. The number of halogens is 1. The van der Waals surface area contributed by atoms with Crippen molar-refractivity contribution in [1.29, 1.82) is 0 Å². The lowest BCUT2D eigenvalue weighted by atomic mass is 9.97. The highest BCUT2D eigenvalue weighted by atomic mass is 19.1. The van der Waals surface area contributed by atoms with Crippen LogP contribution in [0.5, 0.6) is 0 Å². The molecule has 0 aromatic heterocycles. The van der Waals surface area contributed by atoms with E-state index in [4.69, 9.17) is 14.6 Å². The summed E-state index contributed by atoms with van der Waals surface area (Å²) in [5.41, 5.74) is 0.998. The maximum absolute atomic E-state index is 12.9. The summed E-state index contributed by atoms with van der Waals surface area (Å²) in [6.07, 6.45) is -3.24. The molecule has 1 aromatic rings. The molecule has 0 aliphatic carbocycles. The first-order valence-electron chi connectivity index (χ1n) is 7.25. The third-order valence-electron chi connectivity index (χ3n) is 3.64. The van der Waals surface area contributed by atoms with Crippen LogP contribution in [-0.4, -0.2) is 53.1 Å². The minimum atomic E-state index is -1.45. The van der Waals surface area contributed by atoms with Crippen LogP contribution in [0.3, 0.4) is 0 Å². The summed E-state index contributed by atoms with van der Waals surface area (Å²) in [6, 6.07) is 9.86. The van der Waals surface area contributed by atoms with Crippen molar-refractivity contribution < 1.29 is 29.2 Å². The molecule has 0 radical (unpaired) electrons. The third-order valence-corrected chi connectivity index (χ3v) is 3.64. The Morgan fingerprint density at radius 3 is 2.59 bits per heavy atom. The van der Waals surface area contributed by atoms with Gasteiger partial charge in [-0.3, -0.25) is 0 Å². The summed E-state index contributed by atoms with van der Waals surface area (Å²) in [5, 5.41) is 28.6. The summed E-state index contributed by atoms with van der Waals surface area (Å²) in [6.45, 7) is -0.181. The van der Waals surface area contributed by atoms with Crippen LogP contribution in [0.25, 0.3) is 0 Å². The molecule has 0 amide bonds. The van der Waals surface area contributed by atoms with Gasteiger partial charge < -0.3 is 24.8 Å². The van der Waals surface area contributed by atoms with Crippen molar-refractivity contribution in [2.75, 3.05) is 13.2 Å². The van der Waals surface area contributed by atoms with E-state index >= 15 is 0 Å². The van der Waals surface area contributed by atoms with Crippen LogP contribution in [0.15, 0.2) is 42.2 Å². The normalized spacial score (nSPS) is 30.6. The average molecular weight is 312 g/mol. The van der Waals surface area contributed by atoms with Gasteiger partial charge in [0.25, 0.3) is 0 Å². The smallest absolute Gasteiger partial charge is 0.185 e. The van der Waals surface area contributed by atoms with E-state index in [-0.39, 0.29) is 11.9 Å². The van der Waals surface area contributed by atoms with Crippen LogP contribution < -0.4 is 0 Å². The molecule has 0 unspecified atom stereocenters. The summed E-state index contributed by atoms with van der Waals surface area (Å²) in [4.78, 5) is 0. The van der Waals surface area contributed by atoms with Crippen LogP contribution in [0.4, 0.5) is 4.39 Å². The quantitative estimate of drug-likeness (QED) is 0.681. The number of rotatable bonds is 6. The molecule has 1 fully saturated rings.